The summed E-state index contributed by atoms with van der Waals surface area (Å²) in [4.78, 5) is 0. The monoisotopic (exact) mass is 228 g/mol. The van der Waals surface area contributed by atoms with Gasteiger partial charge in [-0.3, -0.25) is 0 Å². The van der Waals surface area contributed by atoms with Crippen LogP contribution in [0.1, 0.15) is 24.0 Å². The number of hydrogen-bond acceptors (Lipinski definition) is 1. The summed E-state index contributed by atoms with van der Waals surface area (Å²) in [6, 6.07) is 6.66. The molecule has 0 unspecified atom stereocenters. The van der Waals surface area contributed by atoms with Gasteiger partial charge in [0.15, 0.2) is 0 Å². The van der Waals surface area contributed by atoms with Crippen LogP contribution in [0.3, 0.4) is 0 Å². The molecule has 15 heavy (non-hydrogen) atoms. The van der Waals surface area contributed by atoms with Crippen LogP contribution in [0.5, 0.6) is 0 Å². The van der Waals surface area contributed by atoms with Crippen molar-refractivity contribution in [2.24, 2.45) is 5.92 Å². The van der Waals surface area contributed by atoms with Gasteiger partial charge in [0.2, 0.25) is 0 Å². The third-order valence-electron chi connectivity index (χ3n) is 2.83. The lowest BCUT2D eigenvalue weighted by molar-refractivity contribution is -0.0285. The average Bonchev–Trinajstić information content (AvgIpc) is 3.02. The normalized spacial score (nSPS) is 16.7. The summed E-state index contributed by atoms with van der Waals surface area (Å²) in [7, 11) is 0. The molecule has 0 radical (unpaired) electrons. The molecule has 1 aliphatic rings. The maximum atomic E-state index is 13.6. The predicted molar refractivity (Wildman–Crippen MR) is 60.6 cm³/mol. The van der Waals surface area contributed by atoms with E-state index in [1.807, 2.05) is 0 Å². The molecule has 0 N–H and O–H groups in total. The minimum atomic E-state index is -2.63. The van der Waals surface area contributed by atoms with Crippen LogP contribution in [0.4, 0.5) is 8.78 Å². The van der Waals surface area contributed by atoms with E-state index in [-0.39, 0.29) is 5.56 Å². The van der Waals surface area contributed by atoms with Gasteiger partial charge in [0.1, 0.15) is 0 Å². The second-order valence-corrected chi connectivity index (χ2v) is 4.51. The Morgan fingerprint density at radius 3 is 2.27 bits per heavy atom. The van der Waals surface area contributed by atoms with Crippen molar-refractivity contribution in [1.82, 2.24) is 0 Å². The van der Waals surface area contributed by atoms with Crippen molar-refractivity contribution in [1.29, 1.82) is 0 Å². The molecule has 3 heteroatoms. The van der Waals surface area contributed by atoms with Gasteiger partial charge >= 0.3 is 0 Å². The zero-order valence-electron chi connectivity index (χ0n) is 8.42. The second-order valence-electron chi connectivity index (χ2n) is 4.07. The number of alkyl halides is 2. The molecule has 0 bridgehead atoms. The van der Waals surface area contributed by atoms with E-state index in [1.54, 1.807) is 24.3 Å². The van der Waals surface area contributed by atoms with Crippen molar-refractivity contribution in [3.63, 3.8) is 0 Å². The summed E-state index contributed by atoms with van der Waals surface area (Å²) in [6.07, 6.45) is 2.15. The molecule has 0 atom stereocenters. The van der Waals surface area contributed by atoms with Gasteiger partial charge < -0.3 is 0 Å². The van der Waals surface area contributed by atoms with Crippen LogP contribution in [0.15, 0.2) is 24.3 Å². The van der Waals surface area contributed by atoms with Crippen LogP contribution in [-0.2, 0) is 12.3 Å². The van der Waals surface area contributed by atoms with Crippen LogP contribution in [-0.4, -0.2) is 5.75 Å². The Morgan fingerprint density at radius 2 is 1.80 bits per heavy atom. The maximum Gasteiger partial charge on any atom is 0.276 e. The maximum absolute atomic E-state index is 13.6. The Bertz CT molecular complexity index is 328. The zero-order chi connectivity index (χ0) is 10.9. The number of hydrogen-bond donors (Lipinski definition) is 1. The number of thiol groups is 1. The minimum absolute atomic E-state index is 0.160. The van der Waals surface area contributed by atoms with E-state index in [2.05, 4.69) is 12.6 Å². The Kier molecular flexibility index (Phi) is 3.01. The minimum Gasteiger partial charge on any atom is -0.201 e. The molecule has 1 fully saturated rings. The first-order chi connectivity index (χ1) is 7.14. The number of halogens is 2. The van der Waals surface area contributed by atoms with E-state index >= 15 is 0 Å². The molecule has 82 valence electrons. The molecule has 0 saturated heterocycles. The van der Waals surface area contributed by atoms with Gasteiger partial charge in [0.05, 0.1) is 0 Å². The highest BCUT2D eigenvalue weighted by molar-refractivity contribution is 7.80. The lowest BCUT2D eigenvalue weighted by Gasteiger charge is -2.16. The highest BCUT2D eigenvalue weighted by Gasteiger charge is 2.47. The van der Waals surface area contributed by atoms with Crippen LogP contribution >= 0.6 is 12.6 Å². The van der Waals surface area contributed by atoms with Crippen molar-refractivity contribution in [3.05, 3.63) is 35.4 Å². The fourth-order valence-corrected chi connectivity index (χ4v) is 1.96. The SMILES string of the molecule is FC(F)(c1ccc(CCS)cc1)C1CC1. The molecule has 1 aromatic rings. The predicted octanol–water partition coefficient (Wildman–Crippen LogP) is 3.66. The Labute approximate surface area is 94.1 Å². The lowest BCUT2D eigenvalue weighted by atomic mass is 10.0. The largest absolute Gasteiger partial charge is 0.276 e. The first-order valence-corrected chi connectivity index (χ1v) is 5.86. The summed E-state index contributed by atoms with van der Waals surface area (Å²) in [5.41, 5.74) is 1.23. The van der Waals surface area contributed by atoms with E-state index < -0.39 is 11.8 Å². The molecule has 1 saturated carbocycles. The Hall–Kier alpha value is -0.570. The van der Waals surface area contributed by atoms with Gasteiger partial charge in [0.25, 0.3) is 5.92 Å². The van der Waals surface area contributed by atoms with Gasteiger partial charge in [-0.2, -0.15) is 12.6 Å². The highest BCUT2D eigenvalue weighted by atomic mass is 32.1. The van der Waals surface area contributed by atoms with E-state index in [0.717, 1.165) is 17.7 Å². The second kappa shape index (κ2) is 4.12. The Balaban J connectivity index is 2.15. The molecule has 1 aromatic carbocycles. The Morgan fingerprint density at radius 1 is 1.20 bits per heavy atom. The van der Waals surface area contributed by atoms with Crippen LogP contribution in [0, 0.1) is 5.92 Å². The molecule has 0 aromatic heterocycles. The summed E-state index contributed by atoms with van der Waals surface area (Å²) in [6.45, 7) is 0. The average molecular weight is 228 g/mol. The van der Waals surface area contributed by atoms with Crippen LogP contribution < -0.4 is 0 Å². The molecule has 0 spiro atoms. The molecule has 0 amide bonds. The molecule has 0 heterocycles. The highest BCUT2D eigenvalue weighted by Crippen LogP contribution is 2.49. The quantitative estimate of drug-likeness (QED) is 0.747. The molecule has 2 rings (SSSR count). The first kappa shape index (κ1) is 10.9. The van der Waals surface area contributed by atoms with Gasteiger partial charge in [-0.25, -0.2) is 8.78 Å². The summed E-state index contributed by atoms with van der Waals surface area (Å²) in [5, 5.41) is 0. The van der Waals surface area contributed by atoms with Gasteiger partial charge in [0, 0.05) is 11.5 Å². The first-order valence-electron chi connectivity index (χ1n) is 5.22. The van der Waals surface area contributed by atoms with E-state index in [1.165, 1.54) is 0 Å². The van der Waals surface area contributed by atoms with Crippen molar-refractivity contribution in [3.8, 4) is 0 Å². The summed E-state index contributed by atoms with van der Waals surface area (Å²) in [5.74, 6) is -2.30. The van der Waals surface area contributed by atoms with Crippen molar-refractivity contribution in [2.45, 2.75) is 25.2 Å². The molecule has 0 aliphatic heterocycles. The van der Waals surface area contributed by atoms with E-state index in [9.17, 15) is 8.78 Å². The fraction of sp³-hybridized carbons (Fsp3) is 0.500. The number of benzene rings is 1. The number of rotatable bonds is 4. The van der Waals surface area contributed by atoms with Crippen LogP contribution in [0.25, 0.3) is 0 Å². The lowest BCUT2D eigenvalue weighted by Crippen LogP contribution is -2.15. The fourth-order valence-electron chi connectivity index (χ4n) is 1.70. The standard InChI is InChI=1S/C12H14F2S/c13-12(14,11-5-6-11)10-3-1-9(2-4-10)7-8-15/h1-4,11,15H,5-8H2. The molecule has 1 aliphatic carbocycles. The van der Waals surface area contributed by atoms with Crippen molar-refractivity contribution < 1.29 is 8.78 Å². The summed E-state index contributed by atoms with van der Waals surface area (Å²) < 4.78 is 27.3. The molecule has 0 nitrogen and oxygen atoms in total. The number of aryl methyl sites for hydroxylation is 1. The third-order valence-corrected chi connectivity index (χ3v) is 3.05. The smallest absolute Gasteiger partial charge is 0.201 e. The van der Waals surface area contributed by atoms with Gasteiger partial charge in [-0.05, 0) is 30.6 Å². The van der Waals surface area contributed by atoms with E-state index in [0.29, 0.717) is 12.8 Å². The molecular formula is C12H14F2S. The van der Waals surface area contributed by atoms with E-state index in [4.69, 9.17) is 0 Å². The summed E-state index contributed by atoms with van der Waals surface area (Å²) >= 11 is 4.11. The van der Waals surface area contributed by atoms with Crippen LogP contribution in [0.2, 0.25) is 0 Å². The van der Waals surface area contributed by atoms with Gasteiger partial charge in [-0.15, -0.1) is 0 Å². The zero-order valence-corrected chi connectivity index (χ0v) is 9.31. The molecular weight excluding hydrogens is 214 g/mol. The topological polar surface area (TPSA) is 0 Å². The van der Waals surface area contributed by atoms with Crippen molar-refractivity contribution >= 4 is 12.6 Å². The van der Waals surface area contributed by atoms with Gasteiger partial charge in [-0.1, -0.05) is 24.3 Å². The van der Waals surface area contributed by atoms with Crippen molar-refractivity contribution in [2.75, 3.05) is 5.75 Å². The third kappa shape index (κ3) is 2.33.